The van der Waals surface area contributed by atoms with Crippen molar-refractivity contribution in [2.45, 2.75) is 38.1 Å². The highest BCUT2D eigenvalue weighted by molar-refractivity contribution is 5.95. The second-order valence-corrected chi connectivity index (χ2v) is 6.98. The molecule has 1 aromatic heterocycles. The number of aryl methyl sites for hydroxylation is 1. The second kappa shape index (κ2) is 6.90. The molecule has 6 nitrogen and oxygen atoms in total. The smallest absolute Gasteiger partial charge is 0.273 e. The number of carbonyl (C=O) groups excluding carboxylic acids is 2. The van der Waals surface area contributed by atoms with Crippen LogP contribution >= 0.6 is 0 Å². The van der Waals surface area contributed by atoms with E-state index in [9.17, 15) is 14.0 Å². The zero-order valence-corrected chi connectivity index (χ0v) is 14.3. The maximum atomic E-state index is 13.8. The van der Waals surface area contributed by atoms with Crippen LogP contribution < -0.4 is 10.6 Å². The number of aromatic nitrogens is 1. The Bertz CT molecular complexity index is 844. The lowest BCUT2D eigenvalue weighted by Gasteiger charge is -2.22. The predicted molar refractivity (Wildman–Crippen MR) is 91.2 cm³/mol. The van der Waals surface area contributed by atoms with Crippen LogP contribution in [0.5, 0.6) is 0 Å². The third-order valence-corrected chi connectivity index (χ3v) is 4.96. The van der Waals surface area contributed by atoms with Crippen molar-refractivity contribution in [2.24, 2.45) is 5.92 Å². The molecule has 1 saturated carbocycles. The molecular formula is C19H20FN3O3. The Kier molecular flexibility index (Phi) is 4.44. The first kappa shape index (κ1) is 16.8. The monoisotopic (exact) mass is 357 g/mol. The van der Waals surface area contributed by atoms with Crippen LogP contribution in [0.3, 0.4) is 0 Å². The molecule has 0 aliphatic heterocycles. The molecule has 7 heteroatoms. The number of nitrogens with zero attached hydrogens (tertiary/aromatic N) is 1. The quantitative estimate of drug-likeness (QED) is 0.860. The summed E-state index contributed by atoms with van der Waals surface area (Å²) in [6.45, 7) is 0.661. The summed E-state index contributed by atoms with van der Waals surface area (Å²) in [5.41, 5.74) is 1.06. The van der Waals surface area contributed by atoms with Crippen LogP contribution in [0.2, 0.25) is 0 Å². The van der Waals surface area contributed by atoms with Gasteiger partial charge in [-0.3, -0.25) is 9.59 Å². The topological polar surface area (TPSA) is 84.2 Å². The summed E-state index contributed by atoms with van der Waals surface area (Å²) in [6, 6.07) is 5.69. The molecule has 2 aliphatic rings. The summed E-state index contributed by atoms with van der Waals surface area (Å²) in [6.07, 6.45) is 4.00. The van der Waals surface area contributed by atoms with Gasteiger partial charge in [0.05, 0.1) is 5.56 Å². The van der Waals surface area contributed by atoms with E-state index < -0.39 is 11.7 Å². The Hall–Kier alpha value is -2.70. The number of fused-ring (bicyclic) bond motifs is 1. The van der Waals surface area contributed by atoms with E-state index in [1.807, 2.05) is 0 Å². The Morgan fingerprint density at radius 3 is 2.77 bits per heavy atom. The second-order valence-electron chi connectivity index (χ2n) is 6.98. The van der Waals surface area contributed by atoms with Crippen LogP contribution in [0.1, 0.15) is 51.4 Å². The Balaban J connectivity index is 1.43. The van der Waals surface area contributed by atoms with Gasteiger partial charge in [-0.2, -0.15) is 0 Å². The fourth-order valence-electron chi connectivity index (χ4n) is 3.26. The van der Waals surface area contributed by atoms with E-state index in [2.05, 4.69) is 15.8 Å². The van der Waals surface area contributed by atoms with Crippen LogP contribution in [0.4, 0.5) is 4.39 Å². The number of hydrogen-bond donors (Lipinski definition) is 2. The Morgan fingerprint density at radius 1 is 1.19 bits per heavy atom. The summed E-state index contributed by atoms with van der Waals surface area (Å²) in [4.78, 5) is 24.7. The fraction of sp³-hybridized carbons (Fsp3) is 0.421. The van der Waals surface area contributed by atoms with E-state index in [4.69, 9.17) is 4.52 Å². The van der Waals surface area contributed by atoms with Crippen molar-refractivity contribution in [3.8, 4) is 0 Å². The van der Waals surface area contributed by atoms with Gasteiger partial charge in [0.25, 0.3) is 11.8 Å². The summed E-state index contributed by atoms with van der Waals surface area (Å²) >= 11 is 0. The lowest BCUT2D eigenvalue weighted by atomic mass is 9.91. The first-order chi connectivity index (χ1) is 12.6. The highest BCUT2D eigenvalue weighted by Crippen LogP contribution is 2.28. The summed E-state index contributed by atoms with van der Waals surface area (Å²) in [5, 5.41) is 9.66. The largest absolute Gasteiger partial charge is 0.360 e. The van der Waals surface area contributed by atoms with E-state index in [1.54, 1.807) is 12.1 Å². The van der Waals surface area contributed by atoms with E-state index in [-0.39, 0.29) is 17.5 Å². The normalized spacial score (nSPS) is 18.9. The molecule has 0 spiro atoms. The third kappa shape index (κ3) is 3.47. The first-order valence-electron chi connectivity index (χ1n) is 8.93. The molecule has 1 fully saturated rings. The van der Waals surface area contributed by atoms with Gasteiger partial charge in [-0.05, 0) is 43.7 Å². The van der Waals surface area contributed by atoms with Gasteiger partial charge in [0, 0.05) is 24.6 Å². The lowest BCUT2D eigenvalue weighted by Crippen LogP contribution is -2.39. The van der Waals surface area contributed by atoms with Crippen LogP contribution in [-0.4, -0.2) is 29.6 Å². The SMILES string of the molecule is O=C(NC1CCc2onc(C(=O)NCC3CC3)c2C1)c1ccccc1F. The van der Waals surface area contributed by atoms with E-state index in [0.29, 0.717) is 43.2 Å². The molecule has 1 atom stereocenters. The van der Waals surface area contributed by atoms with Crippen molar-refractivity contribution in [3.63, 3.8) is 0 Å². The molecule has 26 heavy (non-hydrogen) atoms. The van der Waals surface area contributed by atoms with E-state index in [1.165, 1.54) is 12.1 Å². The molecule has 136 valence electrons. The maximum absolute atomic E-state index is 13.8. The third-order valence-electron chi connectivity index (χ3n) is 4.96. The van der Waals surface area contributed by atoms with E-state index in [0.717, 1.165) is 18.4 Å². The molecule has 0 saturated heterocycles. The predicted octanol–water partition coefficient (Wildman–Crippen LogP) is 2.24. The van der Waals surface area contributed by atoms with Gasteiger partial charge in [-0.25, -0.2) is 4.39 Å². The van der Waals surface area contributed by atoms with Gasteiger partial charge in [0.1, 0.15) is 11.6 Å². The molecule has 2 N–H and O–H groups in total. The minimum absolute atomic E-state index is 0.0195. The zero-order valence-electron chi connectivity index (χ0n) is 14.3. The van der Waals surface area contributed by atoms with Crippen LogP contribution in [0.15, 0.2) is 28.8 Å². The van der Waals surface area contributed by atoms with Crippen molar-refractivity contribution in [2.75, 3.05) is 6.54 Å². The minimum Gasteiger partial charge on any atom is -0.360 e. The average molecular weight is 357 g/mol. The van der Waals surface area contributed by atoms with Crippen LogP contribution in [-0.2, 0) is 12.8 Å². The standard InChI is InChI=1S/C19H20FN3O3/c20-15-4-2-1-3-13(15)18(24)22-12-7-8-16-14(9-12)17(23-26-16)19(25)21-10-11-5-6-11/h1-4,11-12H,5-10H2,(H,21,25)(H,22,24). The minimum atomic E-state index is -0.549. The molecule has 2 amide bonds. The van der Waals surface area contributed by atoms with Crippen molar-refractivity contribution < 1.29 is 18.5 Å². The van der Waals surface area contributed by atoms with Crippen LogP contribution in [0, 0.1) is 11.7 Å². The Labute approximate surface area is 150 Å². The summed E-state index contributed by atoms with van der Waals surface area (Å²) < 4.78 is 19.1. The molecule has 0 radical (unpaired) electrons. The number of rotatable bonds is 5. The molecule has 4 rings (SSSR count). The van der Waals surface area contributed by atoms with Crippen molar-refractivity contribution in [3.05, 3.63) is 52.7 Å². The number of amides is 2. The zero-order chi connectivity index (χ0) is 18.1. The Morgan fingerprint density at radius 2 is 2.00 bits per heavy atom. The van der Waals surface area contributed by atoms with Crippen molar-refractivity contribution >= 4 is 11.8 Å². The maximum Gasteiger partial charge on any atom is 0.273 e. The highest BCUT2D eigenvalue weighted by Gasteiger charge is 2.30. The van der Waals surface area contributed by atoms with Crippen molar-refractivity contribution in [1.29, 1.82) is 0 Å². The summed E-state index contributed by atoms with van der Waals surface area (Å²) in [5.74, 6) is 0.0368. The number of carbonyl (C=O) groups is 2. The fourth-order valence-corrected chi connectivity index (χ4v) is 3.26. The number of benzene rings is 1. The van der Waals surface area contributed by atoms with Crippen LogP contribution in [0.25, 0.3) is 0 Å². The molecule has 2 aromatic rings. The molecule has 1 aromatic carbocycles. The highest BCUT2D eigenvalue weighted by atomic mass is 19.1. The van der Waals surface area contributed by atoms with Gasteiger partial charge >= 0.3 is 0 Å². The van der Waals surface area contributed by atoms with Gasteiger partial charge in [0.2, 0.25) is 0 Å². The summed E-state index contributed by atoms with van der Waals surface area (Å²) in [7, 11) is 0. The lowest BCUT2D eigenvalue weighted by molar-refractivity contribution is 0.0927. The van der Waals surface area contributed by atoms with Gasteiger partial charge in [-0.15, -0.1) is 0 Å². The van der Waals surface area contributed by atoms with Gasteiger partial charge in [-0.1, -0.05) is 17.3 Å². The molecule has 1 unspecified atom stereocenters. The van der Waals surface area contributed by atoms with Gasteiger partial charge in [0.15, 0.2) is 5.69 Å². The number of nitrogens with one attached hydrogen (secondary N) is 2. The molecule has 2 aliphatic carbocycles. The number of halogens is 1. The first-order valence-corrected chi connectivity index (χ1v) is 8.93. The van der Waals surface area contributed by atoms with E-state index >= 15 is 0 Å². The average Bonchev–Trinajstić information content (AvgIpc) is 3.37. The van der Waals surface area contributed by atoms with Crippen molar-refractivity contribution in [1.82, 2.24) is 15.8 Å². The molecule has 1 heterocycles. The molecular weight excluding hydrogens is 337 g/mol. The number of hydrogen-bond acceptors (Lipinski definition) is 4. The molecule has 0 bridgehead atoms. The van der Waals surface area contributed by atoms with Gasteiger partial charge < -0.3 is 15.2 Å².